The molecule has 0 bridgehead atoms. The monoisotopic (exact) mass is 294 g/mol. The highest BCUT2D eigenvalue weighted by atomic mass is 16.3. The van der Waals surface area contributed by atoms with Crippen molar-refractivity contribution in [2.24, 2.45) is 11.8 Å². The molecule has 0 spiro atoms. The minimum absolute atomic E-state index is 0.761. The maximum absolute atomic E-state index is 5.82. The molecule has 3 nitrogen and oxygen atoms in total. The first-order valence-electron chi connectivity index (χ1n) is 8.37. The van der Waals surface area contributed by atoms with Crippen LogP contribution in [0.25, 0.3) is 0 Å². The van der Waals surface area contributed by atoms with Crippen LogP contribution in [-0.2, 0) is 13.1 Å². The zero-order valence-electron chi connectivity index (χ0n) is 14.8. The van der Waals surface area contributed by atoms with Crippen LogP contribution in [0, 0.1) is 18.8 Å². The Morgan fingerprint density at radius 3 is 2.14 bits per heavy atom. The first kappa shape index (κ1) is 18.2. The molecule has 1 N–H and O–H groups in total. The van der Waals surface area contributed by atoms with Crippen LogP contribution in [0.15, 0.2) is 10.5 Å². The molecule has 0 radical (unpaired) electrons. The van der Waals surface area contributed by atoms with Crippen molar-refractivity contribution in [1.82, 2.24) is 10.2 Å². The van der Waals surface area contributed by atoms with Crippen LogP contribution in [0.2, 0.25) is 0 Å². The highest BCUT2D eigenvalue weighted by Gasteiger charge is 2.13. The third-order valence-corrected chi connectivity index (χ3v) is 3.86. The molecule has 1 aromatic heterocycles. The van der Waals surface area contributed by atoms with Gasteiger partial charge in [-0.3, -0.25) is 4.90 Å². The molecule has 1 aromatic rings. The summed E-state index contributed by atoms with van der Waals surface area (Å²) in [5.41, 5.74) is 1.34. The molecular formula is C18H34N2O. The van der Waals surface area contributed by atoms with Crippen LogP contribution >= 0.6 is 0 Å². The van der Waals surface area contributed by atoms with Crippen LogP contribution in [0.1, 0.15) is 57.6 Å². The molecule has 3 heteroatoms. The number of nitrogens with zero attached hydrogens (tertiary/aromatic N) is 1. The van der Waals surface area contributed by atoms with Gasteiger partial charge in [-0.25, -0.2) is 0 Å². The predicted octanol–water partition coefficient (Wildman–Crippen LogP) is 4.20. The van der Waals surface area contributed by atoms with Crippen LogP contribution < -0.4 is 5.32 Å². The van der Waals surface area contributed by atoms with Gasteiger partial charge in [0.15, 0.2) is 0 Å². The van der Waals surface area contributed by atoms with Gasteiger partial charge < -0.3 is 9.73 Å². The van der Waals surface area contributed by atoms with E-state index in [-0.39, 0.29) is 0 Å². The fraction of sp³-hybridized carbons (Fsp3) is 0.778. The van der Waals surface area contributed by atoms with Gasteiger partial charge in [-0.2, -0.15) is 0 Å². The van der Waals surface area contributed by atoms with Gasteiger partial charge in [0.1, 0.15) is 11.5 Å². The van der Waals surface area contributed by atoms with E-state index in [0.717, 1.165) is 36.4 Å². The smallest absolute Gasteiger partial charge is 0.118 e. The summed E-state index contributed by atoms with van der Waals surface area (Å²) in [5, 5.41) is 3.15. The maximum atomic E-state index is 5.82. The Morgan fingerprint density at radius 1 is 1.10 bits per heavy atom. The normalized spacial score (nSPS) is 12.0. The topological polar surface area (TPSA) is 28.4 Å². The fourth-order valence-electron chi connectivity index (χ4n) is 2.40. The SMILES string of the molecule is CNCc1cc(CN(CCC(C)C)CCC(C)C)c(C)o1. The lowest BCUT2D eigenvalue weighted by atomic mass is 10.1. The van der Waals surface area contributed by atoms with Gasteiger partial charge in [-0.05, 0) is 57.8 Å². The molecule has 0 unspecified atom stereocenters. The van der Waals surface area contributed by atoms with Crippen molar-refractivity contribution in [2.75, 3.05) is 20.1 Å². The Morgan fingerprint density at radius 2 is 1.67 bits per heavy atom. The van der Waals surface area contributed by atoms with Gasteiger partial charge in [0.25, 0.3) is 0 Å². The quantitative estimate of drug-likeness (QED) is 0.701. The highest BCUT2D eigenvalue weighted by Crippen LogP contribution is 2.18. The number of hydrogen-bond acceptors (Lipinski definition) is 3. The van der Waals surface area contributed by atoms with E-state index in [2.05, 4.69) is 50.9 Å². The first-order chi connectivity index (χ1) is 9.92. The average Bonchev–Trinajstić information content (AvgIpc) is 2.73. The van der Waals surface area contributed by atoms with Gasteiger partial charge >= 0.3 is 0 Å². The molecule has 0 fully saturated rings. The lowest BCUT2D eigenvalue weighted by Gasteiger charge is -2.24. The van der Waals surface area contributed by atoms with Gasteiger partial charge in [0.05, 0.1) is 6.54 Å². The average molecular weight is 294 g/mol. The summed E-state index contributed by atoms with van der Waals surface area (Å²) >= 11 is 0. The van der Waals surface area contributed by atoms with Crippen molar-refractivity contribution in [3.63, 3.8) is 0 Å². The third kappa shape index (κ3) is 7.14. The maximum Gasteiger partial charge on any atom is 0.118 e. The van der Waals surface area contributed by atoms with Crippen molar-refractivity contribution in [3.05, 3.63) is 23.2 Å². The van der Waals surface area contributed by atoms with E-state index in [1.807, 2.05) is 7.05 Å². The number of nitrogens with one attached hydrogen (secondary N) is 1. The summed E-state index contributed by atoms with van der Waals surface area (Å²) in [6.45, 7) is 15.5. The van der Waals surface area contributed by atoms with E-state index in [0.29, 0.717) is 0 Å². The molecule has 0 aromatic carbocycles. The van der Waals surface area contributed by atoms with Crippen molar-refractivity contribution >= 4 is 0 Å². The number of furan rings is 1. The van der Waals surface area contributed by atoms with Crippen molar-refractivity contribution < 1.29 is 4.42 Å². The molecule has 1 heterocycles. The van der Waals surface area contributed by atoms with Crippen LogP contribution in [0.4, 0.5) is 0 Å². The Kier molecular flexibility index (Phi) is 8.05. The van der Waals surface area contributed by atoms with Crippen molar-refractivity contribution in [3.8, 4) is 0 Å². The van der Waals surface area contributed by atoms with Crippen molar-refractivity contribution in [1.29, 1.82) is 0 Å². The largest absolute Gasteiger partial charge is 0.465 e. The molecule has 0 saturated heterocycles. The Labute approximate surface area is 131 Å². The van der Waals surface area contributed by atoms with E-state index in [9.17, 15) is 0 Å². The van der Waals surface area contributed by atoms with E-state index in [1.54, 1.807) is 0 Å². The molecular weight excluding hydrogens is 260 g/mol. The summed E-state index contributed by atoms with van der Waals surface area (Å²) in [6.07, 6.45) is 2.52. The van der Waals surface area contributed by atoms with Gasteiger partial charge in [-0.15, -0.1) is 0 Å². The summed E-state index contributed by atoms with van der Waals surface area (Å²) in [4.78, 5) is 2.58. The van der Waals surface area contributed by atoms with E-state index >= 15 is 0 Å². The Hall–Kier alpha value is -0.800. The molecule has 0 atom stereocenters. The number of hydrogen-bond donors (Lipinski definition) is 1. The fourth-order valence-corrected chi connectivity index (χ4v) is 2.40. The Balaban J connectivity index is 2.64. The van der Waals surface area contributed by atoms with E-state index < -0.39 is 0 Å². The standard InChI is InChI=1S/C18H34N2O/c1-14(2)7-9-20(10-8-15(3)4)13-17-11-18(12-19-6)21-16(17)5/h11,14-15,19H,7-10,12-13H2,1-6H3. The van der Waals surface area contributed by atoms with E-state index in [1.165, 1.54) is 31.5 Å². The molecule has 0 aliphatic heterocycles. The lowest BCUT2D eigenvalue weighted by Crippen LogP contribution is -2.27. The molecule has 122 valence electrons. The summed E-state index contributed by atoms with van der Waals surface area (Å²) in [7, 11) is 1.95. The molecule has 21 heavy (non-hydrogen) atoms. The van der Waals surface area contributed by atoms with Crippen LogP contribution in [0.3, 0.4) is 0 Å². The Bertz CT molecular complexity index is 384. The molecule has 0 aliphatic carbocycles. The van der Waals surface area contributed by atoms with E-state index in [4.69, 9.17) is 4.42 Å². The minimum atomic E-state index is 0.761. The minimum Gasteiger partial charge on any atom is -0.465 e. The lowest BCUT2D eigenvalue weighted by molar-refractivity contribution is 0.234. The highest BCUT2D eigenvalue weighted by molar-refractivity contribution is 5.20. The third-order valence-electron chi connectivity index (χ3n) is 3.86. The number of rotatable bonds is 10. The number of aryl methyl sites for hydroxylation is 1. The summed E-state index contributed by atoms with van der Waals surface area (Å²) in [5.74, 6) is 3.63. The molecule has 0 aliphatic rings. The first-order valence-corrected chi connectivity index (χ1v) is 8.37. The molecule has 0 saturated carbocycles. The zero-order valence-corrected chi connectivity index (χ0v) is 14.8. The molecule has 1 rings (SSSR count). The van der Waals surface area contributed by atoms with Crippen LogP contribution in [0.5, 0.6) is 0 Å². The summed E-state index contributed by atoms with van der Waals surface area (Å²) in [6, 6.07) is 2.21. The molecule has 0 amide bonds. The van der Waals surface area contributed by atoms with Crippen molar-refractivity contribution in [2.45, 2.75) is 60.5 Å². The second kappa shape index (κ2) is 9.26. The summed E-state index contributed by atoms with van der Waals surface area (Å²) < 4.78 is 5.82. The zero-order chi connectivity index (χ0) is 15.8. The predicted molar refractivity (Wildman–Crippen MR) is 90.4 cm³/mol. The van der Waals surface area contributed by atoms with Gasteiger partial charge in [-0.1, -0.05) is 27.7 Å². The second-order valence-electron chi connectivity index (χ2n) is 6.97. The van der Waals surface area contributed by atoms with Gasteiger partial charge in [0, 0.05) is 12.1 Å². The second-order valence-corrected chi connectivity index (χ2v) is 6.97. The van der Waals surface area contributed by atoms with Crippen LogP contribution in [-0.4, -0.2) is 25.0 Å². The van der Waals surface area contributed by atoms with Gasteiger partial charge in [0.2, 0.25) is 0 Å².